The number of nitrogens with one attached hydrogen (secondary N) is 1. The van der Waals surface area contributed by atoms with Gasteiger partial charge in [0.15, 0.2) is 4.34 Å². The lowest BCUT2D eigenvalue weighted by atomic mass is 10.1. The summed E-state index contributed by atoms with van der Waals surface area (Å²) in [4.78, 5) is 12.5. The number of aromatic nitrogens is 5. The number of thioether (sulfide) groups is 1. The lowest BCUT2D eigenvalue weighted by Gasteiger charge is -2.07. The monoisotopic (exact) mass is 426 g/mol. The van der Waals surface area contributed by atoms with Gasteiger partial charge in [0.1, 0.15) is 5.82 Å². The number of anilines is 1. The van der Waals surface area contributed by atoms with Gasteiger partial charge in [0.2, 0.25) is 5.13 Å². The number of carbonyl (C=O) groups excluding carboxylic acids is 1. The molecule has 2 heterocycles. The maximum absolute atomic E-state index is 13.2. The molecule has 0 bridgehead atoms. The van der Waals surface area contributed by atoms with Crippen LogP contribution in [-0.4, -0.2) is 36.9 Å². The predicted molar refractivity (Wildman–Crippen MR) is 111 cm³/mol. The molecule has 2 aromatic carbocycles. The van der Waals surface area contributed by atoms with Gasteiger partial charge in [0.05, 0.1) is 17.6 Å². The summed E-state index contributed by atoms with van der Waals surface area (Å²) in [6.07, 6.45) is 1.61. The summed E-state index contributed by atoms with van der Waals surface area (Å²) >= 11 is 2.92. The van der Waals surface area contributed by atoms with Gasteiger partial charge in [-0.3, -0.25) is 10.1 Å². The van der Waals surface area contributed by atoms with Gasteiger partial charge in [-0.15, -0.1) is 15.3 Å². The molecule has 29 heavy (non-hydrogen) atoms. The van der Waals surface area contributed by atoms with E-state index in [1.165, 1.54) is 23.5 Å². The summed E-state index contributed by atoms with van der Waals surface area (Å²) in [5.41, 5.74) is 2.72. The Kier molecular flexibility index (Phi) is 5.63. The van der Waals surface area contributed by atoms with E-state index in [1.54, 1.807) is 59.0 Å². The van der Waals surface area contributed by atoms with E-state index in [-0.39, 0.29) is 11.7 Å². The second kappa shape index (κ2) is 8.50. The smallest absolute Gasteiger partial charge is 0.257 e. The number of carbonyl (C=O) groups is 1. The summed E-state index contributed by atoms with van der Waals surface area (Å²) in [6, 6.07) is 13.0. The van der Waals surface area contributed by atoms with Gasteiger partial charge in [-0.1, -0.05) is 35.2 Å². The lowest BCUT2D eigenvalue weighted by Crippen LogP contribution is -2.12. The summed E-state index contributed by atoms with van der Waals surface area (Å²) in [6.45, 7) is 2.03. The Bertz CT molecular complexity index is 1120. The van der Waals surface area contributed by atoms with Crippen LogP contribution in [0.3, 0.4) is 0 Å². The average Bonchev–Trinajstić information content (AvgIpc) is 3.39. The van der Waals surface area contributed by atoms with Crippen LogP contribution >= 0.6 is 23.1 Å². The van der Waals surface area contributed by atoms with E-state index in [4.69, 9.17) is 0 Å². The Morgan fingerprint density at radius 1 is 1.14 bits per heavy atom. The number of amides is 1. The van der Waals surface area contributed by atoms with Gasteiger partial charge in [-0.25, -0.2) is 9.07 Å². The van der Waals surface area contributed by atoms with Crippen molar-refractivity contribution < 1.29 is 9.18 Å². The van der Waals surface area contributed by atoms with Crippen molar-refractivity contribution in [3.63, 3.8) is 0 Å². The molecule has 0 fully saturated rings. The van der Waals surface area contributed by atoms with Gasteiger partial charge in [-0.2, -0.15) is 0 Å². The Labute approximate surface area is 174 Å². The van der Waals surface area contributed by atoms with Crippen molar-refractivity contribution in [3.05, 3.63) is 66.1 Å². The highest BCUT2D eigenvalue weighted by Gasteiger charge is 2.13. The molecule has 4 aromatic rings. The molecule has 0 atom stereocenters. The van der Waals surface area contributed by atoms with Crippen LogP contribution in [0.2, 0.25) is 0 Å². The molecule has 0 saturated carbocycles. The first kappa shape index (κ1) is 19.2. The maximum Gasteiger partial charge on any atom is 0.257 e. The van der Waals surface area contributed by atoms with E-state index in [2.05, 4.69) is 25.8 Å². The quantitative estimate of drug-likeness (QED) is 0.366. The summed E-state index contributed by atoms with van der Waals surface area (Å²) in [5.74, 6) is 0.323. The first-order chi connectivity index (χ1) is 14.1. The lowest BCUT2D eigenvalue weighted by molar-refractivity contribution is 0.102. The van der Waals surface area contributed by atoms with Crippen LogP contribution in [0.1, 0.15) is 17.3 Å². The highest BCUT2D eigenvalue weighted by Crippen LogP contribution is 2.26. The SMILES string of the molecule is CCSc1nnc(NC(=O)c2ccc(-n3nncc3-c3ccc(F)cc3)cc2)s1. The Morgan fingerprint density at radius 3 is 2.62 bits per heavy atom. The van der Waals surface area contributed by atoms with Gasteiger partial charge < -0.3 is 0 Å². The molecular weight excluding hydrogens is 411 g/mol. The van der Waals surface area contributed by atoms with Crippen LogP contribution in [0.15, 0.2) is 59.1 Å². The first-order valence-electron chi connectivity index (χ1n) is 8.69. The Hall–Kier alpha value is -3.11. The third kappa shape index (κ3) is 4.33. The normalized spacial score (nSPS) is 10.8. The van der Waals surface area contributed by atoms with Crippen molar-refractivity contribution in [2.45, 2.75) is 11.3 Å². The van der Waals surface area contributed by atoms with Crippen molar-refractivity contribution in [2.75, 3.05) is 11.1 Å². The summed E-state index contributed by atoms with van der Waals surface area (Å²) < 4.78 is 15.6. The van der Waals surface area contributed by atoms with Gasteiger partial charge >= 0.3 is 0 Å². The van der Waals surface area contributed by atoms with Crippen LogP contribution in [0.25, 0.3) is 16.9 Å². The Morgan fingerprint density at radius 2 is 1.90 bits per heavy atom. The number of hydrogen-bond acceptors (Lipinski definition) is 7. The van der Waals surface area contributed by atoms with Gasteiger partial charge in [0, 0.05) is 11.1 Å². The highest BCUT2D eigenvalue weighted by atomic mass is 32.2. The average molecular weight is 427 g/mol. The molecular formula is C19H15FN6OS2. The van der Waals surface area contributed by atoms with E-state index in [9.17, 15) is 9.18 Å². The minimum atomic E-state index is -0.307. The number of halogens is 1. The number of hydrogen-bond donors (Lipinski definition) is 1. The molecule has 1 N–H and O–H groups in total. The molecule has 0 saturated heterocycles. The van der Waals surface area contributed by atoms with Gasteiger partial charge in [-0.05, 0) is 54.3 Å². The molecule has 1 amide bonds. The molecule has 146 valence electrons. The summed E-state index contributed by atoms with van der Waals surface area (Å²) in [5, 5.41) is 19.3. The zero-order valence-electron chi connectivity index (χ0n) is 15.2. The van der Waals surface area contributed by atoms with Crippen molar-refractivity contribution in [1.82, 2.24) is 25.2 Å². The van der Waals surface area contributed by atoms with E-state index in [0.717, 1.165) is 27.0 Å². The van der Waals surface area contributed by atoms with E-state index in [0.29, 0.717) is 10.7 Å². The van der Waals surface area contributed by atoms with Crippen molar-refractivity contribution >= 4 is 34.1 Å². The molecule has 0 aliphatic rings. The number of rotatable bonds is 6. The van der Waals surface area contributed by atoms with E-state index >= 15 is 0 Å². The highest BCUT2D eigenvalue weighted by molar-refractivity contribution is 8.01. The minimum Gasteiger partial charge on any atom is -0.296 e. The third-order valence-corrected chi connectivity index (χ3v) is 5.81. The fourth-order valence-electron chi connectivity index (χ4n) is 2.61. The van der Waals surface area contributed by atoms with Crippen LogP contribution in [0, 0.1) is 5.82 Å². The third-order valence-electron chi connectivity index (χ3n) is 3.96. The Balaban J connectivity index is 1.51. The molecule has 0 aliphatic carbocycles. The standard InChI is InChI=1S/C19H15FN6OS2/c1-2-28-19-24-23-18(29-19)22-17(27)13-5-9-15(10-6-13)26-16(11-21-25-26)12-3-7-14(20)8-4-12/h3-11H,2H2,1H3,(H,22,23,27). The first-order valence-corrected chi connectivity index (χ1v) is 10.5. The minimum absolute atomic E-state index is 0.266. The zero-order chi connectivity index (χ0) is 20.2. The van der Waals surface area contributed by atoms with E-state index < -0.39 is 0 Å². The van der Waals surface area contributed by atoms with Crippen molar-refractivity contribution in [2.24, 2.45) is 0 Å². The summed E-state index contributed by atoms with van der Waals surface area (Å²) in [7, 11) is 0. The van der Waals surface area contributed by atoms with Crippen LogP contribution in [0.4, 0.5) is 9.52 Å². The molecule has 10 heteroatoms. The van der Waals surface area contributed by atoms with Crippen LogP contribution < -0.4 is 5.32 Å². The predicted octanol–water partition coefficient (Wildman–Crippen LogP) is 4.29. The molecule has 0 radical (unpaired) electrons. The molecule has 0 aliphatic heterocycles. The fraction of sp³-hybridized carbons (Fsp3) is 0.105. The molecule has 7 nitrogen and oxygen atoms in total. The van der Waals surface area contributed by atoms with Crippen molar-refractivity contribution in [3.8, 4) is 16.9 Å². The van der Waals surface area contributed by atoms with E-state index in [1.807, 2.05) is 6.92 Å². The fourth-order valence-corrected chi connectivity index (χ4v) is 4.25. The number of benzene rings is 2. The number of nitrogens with zero attached hydrogens (tertiary/aromatic N) is 5. The molecule has 4 rings (SSSR count). The second-order valence-electron chi connectivity index (χ2n) is 5.85. The largest absolute Gasteiger partial charge is 0.296 e. The van der Waals surface area contributed by atoms with Crippen LogP contribution in [-0.2, 0) is 0 Å². The van der Waals surface area contributed by atoms with Crippen molar-refractivity contribution in [1.29, 1.82) is 0 Å². The topological polar surface area (TPSA) is 85.6 Å². The van der Waals surface area contributed by atoms with Gasteiger partial charge in [0.25, 0.3) is 5.91 Å². The maximum atomic E-state index is 13.2. The zero-order valence-corrected chi connectivity index (χ0v) is 16.9. The molecule has 2 aromatic heterocycles. The molecule has 0 spiro atoms. The molecule has 0 unspecified atom stereocenters. The van der Waals surface area contributed by atoms with Crippen LogP contribution in [0.5, 0.6) is 0 Å². The second-order valence-corrected chi connectivity index (χ2v) is 8.33.